The Balaban J connectivity index is 1.78. The molecular formula is C17H19NO2S. The molecule has 2 aliphatic rings. The molecule has 0 bridgehead atoms. The van der Waals surface area contributed by atoms with Crippen LogP contribution in [0.2, 0.25) is 0 Å². The van der Waals surface area contributed by atoms with Gasteiger partial charge in [0.15, 0.2) is 0 Å². The summed E-state index contributed by atoms with van der Waals surface area (Å²) in [6, 6.07) is 6.11. The normalized spacial score (nSPS) is 21.5. The monoisotopic (exact) mass is 301 g/mol. The number of hydrogen-bond acceptors (Lipinski definition) is 3. The first kappa shape index (κ1) is 13.3. The quantitative estimate of drug-likeness (QED) is 0.910. The Bertz CT molecular complexity index is 696. The van der Waals surface area contributed by atoms with Crippen LogP contribution in [0.25, 0.3) is 10.2 Å². The van der Waals surface area contributed by atoms with Crippen LogP contribution in [0.15, 0.2) is 18.2 Å². The van der Waals surface area contributed by atoms with Crippen LogP contribution in [-0.2, 0) is 10.2 Å². The summed E-state index contributed by atoms with van der Waals surface area (Å²) in [6.45, 7) is 0. The van der Waals surface area contributed by atoms with Crippen molar-refractivity contribution >= 4 is 27.5 Å². The summed E-state index contributed by atoms with van der Waals surface area (Å²) in [5, 5.41) is 11.0. The number of nitrogens with zero attached hydrogens (tertiary/aromatic N) is 1. The van der Waals surface area contributed by atoms with Crippen molar-refractivity contribution in [3.05, 3.63) is 28.8 Å². The molecule has 3 nitrogen and oxygen atoms in total. The number of fused-ring (bicyclic) bond motifs is 1. The summed E-state index contributed by atoms with van der Waals surface area (Å²) in [4.78, 5) is 16.6. The first-order valence-corrected chi connectivity index (χ1v) is 8.65. The average molecular weight is 301 g/mol. The average Bonchev–Trinajstić information content (AvgIpc) is 3.26. The van der Waals surface area contributed by atoms with Crippen LogP contribution in [0.3, 0.4) is 0 Å². The molecule has 2 saturated carbocycles. The van der Waals surface area contributed by atoms with Crippen LogP contribution < -0.4 is 0 Å². The third-order valence-corrected chi connectivity index (χ3v) is 6.18. The van der Waals surface area contributed by atoms with Gasteiger partial charge in [0.2, 0.25) is 0 Å². The second kappa shape index (κ2) is 4.80. The number of hydrogen-bond donors (Lipinski definition) is 1. The van der Waals surface area contributed by atoms with Gasteiger partial charge >= 0.3 is 5.97 Å². The molecule has 0 saturated heterocycles. The van der Waals surface area contributed by atoms with Gasteiger partial charge in [-0.25, -0.2) is 4.98 Å². The van der Waals surface area contributed by atoms with Gasteiger partial charge in [-0.15, -0.1) is 11.3 Å². The van der Waals surface area contributed by atoms with E-state index < -0.39 is 11.4 Å². The lowest BCUT2D eigenvalue weighted by molar-refractivity contribution is -0.145. The summed E-state index contributed by atoms with van der Waals surface area (Å²) in [5.41, 5.74) is 1.34. The minimum Gasteiger partial charge on any atom is -0.481 e. The van der Waals surface area contributed by atoms with Gasteiger partial charge < -0.3 is 5.11 Å². The standard InChI is InChI=1S/C17H19NO2S/c19-16(20)17(8-2-1-3-9-17)12-6-7-13-14(10-12)21-15(18-13)11-4-5-11/h6-7,10-11H,1-5,8-9H2,(H,19,20). The maximum atomic E-state index is 11.9. The lowest BCUT2D eigenvalue weighted by Crippen LogP contribution is -2.37. The van der Waals surface area contributed by atoms with E-state index in [2.05, 4.69) is 6.07 Å². The van der Waals surface area contributed by atoms with E-state index in [1.54, 1.807) is 11.3 Å². The van der Waals surface area contributed by atoms with Crippen molar-refractivity contribution in [3.8, 4) is 0 Å². The molecule has 0 radical (unpaired) electrons. The van der Waals surface area contributed by atoms with E-state index in [1.165, 1.54) is 17.8 Å². The number of aromatic nitrogens is 1. The maximum Gasteiger partial charge on any atom is 0.314 e. The van der Waals surface area contributed by atoms with E-state index in [0.717, 1.165) is 47.9 Å². The predicted octanol–water partition coefficient (Wildman–Crippen LogP) is 4.46. The molecule has 0 atom stereocenters. The fraction of sp³-hybridized carbons (Fsp3) is 0.529. The smallest absolute Gasteiger partial charge is 0.314 e. The van der Waals surface area contributed by atoms with Crippen molar-refractivity contribution in [2.45, 2.75) is 56.3 Å². The fourth-order valence-corrected chi connectivity index (χ4v) is 4.70. The second-order valence-corrected chi connectivity index (χ2v) is 7.52. The number of aliphatic carboxylic acids is 1. The van der Waals surface area contributed by atoms with Crippen LogP contribution >= 0.6 is 11.3 Å². The van der Waals surface area contributed by atoms with E-state index in [-0.39, 0.29) is 0 Å². The number of carboxylic acids is 1. The summed E-state index contributed by atoms with van der Waals surface area (Å²) in [5.74, 6) is 0.00227. The summed E-state index contributed by atoms with van der Waals surface area (Å²) in [6.07, 6.45) is 7.23. The van der Waals surface area contributed by atoms with E-state index in [1.807, 2.05) is 12.1 Å². The van der Waals surface area contributed by atoms with Crippen molar-refractivity contribution in [2.75, 3.05) is 0 Å². The molecular weight excluding hydrogens is 282 g/mol. The molecule has 2 aliphatic carbocycles. The zero-order valence-corrected chi connectivity index (χ0v) is 12.8. The minimum atomic E-state index is -0.670. The van der Waals surface area contributed by atoms with Gasteiger partial charge in [0.1, 0.15) is 0 Å². The van der Waals surface area contributed by atoms with E-state index in [0.29, 0.717) is 5.92 Å². The molecule has 21 heavy (non-hydrogen) atoms. The minimum absolute atomic E-state index is 0.659. The van der Waals surface area contributed by atoms with E-state index in [9.17, 15) is 9.90 Å². The molecule has 1 heterocycles. The highest BCUT2D eigenvalue weighted by Gasteiger charge is 2.41. The Labute approximate surface area is 128 Å². The summed E-state index contributed by atoms with van der Waals surface area (Å²) < 4.78 is 1.15. The largest absolute Gasteiger partial charge is 0.481 e. The topological polar surface area (TPSA) is 50.2 Å². The van der Waals surface area contributed by atoms with Gasteiger partial charge in [-0.1, -0.05) is 25.3 Å². The summed E-state index contributed by atoms with van der Waals surface area (Å²) in [7, 11) is 0. The molecule has 2 aromatic rings. The van der Waals surface area contributed by atoms with Gasteiger partial charge in [-0.2, -0.15) is 0 Å². The highest BCUT2D eigenvalue weighted by Crippen LogP contribution is 2.45. The fourth-order valence-electron chi connectivity index (χ4n) is 3.53. The third kappa shape index (κ3) is 2.16. The van der Waals surface area contributed by atoms with Crippen molar-refractivity contribution in [1.82, 2.24) is 4.98 Å². The zero-order valence-electron chi connectivity index (χ0n) is 12.0. The Morgan fingerprint density at radius 2 is 2.00 bits per heavy atom. The Kier molecular flexibility index (Phi) is 3.03. The first-order valence-electron chi connectivity index (χ1n) is 7.83. The van der Waals surface area contributed by atoms with Gasteiger partial charge in [0.25, 0.3) is 0 Å². The highest BCUT2D eigenvalue weighted by atomic mass is 32.1. The molecule has 0 unspecified atom stereocenters. The van der Waals surface area contributed by atoms with Crippen LogP contribution in [0.5, 0.6) is 0 Å². The second-order valence-electron chi connectivity index (χ2n) is 6.46. The number of carboxylic acid groups (broad SMARTS) is 1. The van der Waals surface area contributed by atoms with Crippen molar-refractivity contribution < 1.29 is 9.90 Å². The molecule has 4 heteroatoms. The van der Waals surface area contributed by atoms with Crippen LogP contribution in [0, 0.1) is 0 Å². The number of rotatable bonds is 3. The zero-order chi connectivity index (χ0) is 14.4. The molecule has 1 N–H and O–H groups in total. The molecule has 1 aromatic carbocycles. The molecule has 0 spiro atoms. The predicted molar refractivity (Wildman–Crippen MR) is 84.0 cm³/mol. The van der Waals surface area contributed by atoms with E-state index in [4.69, 9.17) is 4.98 Å². The SMILES string of the molecule is O=C(O)C1(c2ccc3nc(C4CC4)sc3c2)CCCCC1. The van der Waals surface area contributed by atoms with Gasteiger partial charge in [0.05, 0.1) is 20.6 Å². The lowest BCUT2D eigenvalue weighted by Gasteiger charge is -2.33. The molecule has 1 aromatic heterocycles. The Morgan fingerprint density at radius 1 is 1.24 bits per heavy atom. The highest BCUT2D eigenvalue weighted by molar-refractivity contribution is 7.18. The van der Waals surface area contributed by atoms with Gasteiger partial charge in [-0.05, 0) is 43.4 Å². The Morgan fingerprint density at radius 3 is 2.67 bits per heavy atom. The Hall–Kier alpha value is -1.42. The van der Waals surface area contributed by atoms with E-state index >= 15 is 0 Å². The maximum absolute atomic E-state index is 11.9. The van der Waals surface area contributed by atoms with Gasteiger partial charge in [0, 0.05) is 5.92 Å². The molecule has 2 fully saturated rings. The lowest BCUT2D eigenvalue weighted by atomic mass is 9.69. The van der Waals surface area contributed by atoms with Crippen molar-refractivity contribution in [2.24, 2.45) is 0 Å². The third-order valence-electron chi connectivity index (χ3n) is 5.00. The number of benzene rings is 1. The number of carbonyl (C=O) groups is 1. The van der Waals surface area contributed by atoms with Gasteiger partial charge in [-0.3, -0.25) is 4.79 Å². The van der Waals surface area contributed by atoms with Crippen LogP contribution in [0.4, 0.5) is 0 Å². The van der Waals surface area contributed by atoms with Crippen molar-refractivity contribution in [1.29, 1.82) is 0 Å². The van der Waals surface area contributed by atoms with Crippen LogP contribution in [-0.4, -0.2) is 16.1 Å². The number of thiazole rings is 1. The van der Waals surface area contributed by atoms with Crippen LogP contribution in [0.1, 0.15) is 61.4 Å². The molecule has 0 amide bonds. The first-order chi connectivity index (χ1) is 10.2. The summed E-state index contributed by atoms with van der Waals surface area (Å²) >= 11 is 1.75. The van der Waals surface area contributed by atoms with Crippen molar-refractivity contribution in [3.63, 3.8) is 0 Å². The molecule has 110 valence electrons. The molecule has 0 aliphatic heterocycles. The molecule has 4 rings (SSSR count).